The number of hydrogen-bond acceptors (Lipinski definition) is 1. The van der Waals surface area contributed by atoms with Gasteiger partial charge in [0.1, 0.15) is 0 Å². The molecular weight excluding hydrogens is 172 g/mol. The third kappa shape index (κ3) is 1.46. The van der Waals surface area contributed by atoms with Gasteiger partial charge in [0.15, 0.2) is 6.04 Å². The molecule has 1 aliphatic heterocycles. The van der Waals surface area contributed by atoms with Crippen molar-refractivity contribution in [1.82, 2.24) is 0 Å². The Hall–Kier alpha value is -1.15. The Kier molecular flexibility index (Phi) is 1.96. The van der Waals surface area contributed by atoms with Crippen molar-refractivity contribution in [2.45, 2.75) is 13.0 Å². The normalized spacial score (nSPS) is 19.9. The van der Waals surface area contributed by atoms with Crippen molar-refractivity contribution in [2.75, 3.05) is 21.1 Å². The molecule has 0 N–H and O–H groups in total. The molecule has 0 aliphatic carbocycles. The van der Waals surface area contributed by atoms with Crippen LogP contribution in [0.5, 0.6) is 0 Å². The molecule has 1 aliphatic rings. The first-order valence-corrected chi connectivity index (χ1v) is 4.94. The zero-order valence-electron chi connectivity index (χ0n) is 9.28. The van der Waals surface area contributed by atoms with Crippen LogP contribution < -0.4 is 0 Å². The molecule has 0 bridgehead atoms. The van der Waals surface area contributed by atoms with Crippen LogP contribution in [-0.2, 0) is 0 Å². The van der Waals surface area contributed by atoms with Crippen LogP contribution in [0.3, 0.4) is 0 Å². The van der Waals surface area contributed by atoms with E-state index >= 15 is 0 Å². The molecule has 0 spiro atoms. The van der Waals surface area contributed by atoms with Crippen molar-refractivity contribution in [3.63, 3.8) is 0 Å². The van der Waals surface area contributed by atoms with E-state index in [4.69, 9.17) is 0 Å². The van der Waals surface area contributed by atoms with Gasteiger partial charge in [-0.3, -0.25) is 4.99 Å². The molecule has 1 aromatic carbocycles. The fourth-order valence-corrected chi connectivity index (χ4v) is 1.88. The Labute approximate surface area is 85.5 Å². The molecule has 0 radical (unpaired) electrons. The second-order valence-corrected chi connectivity index (χ2v) is 4.90. The second-order valence-electron chi connectivity index (χ2n) is 4.90. The van der Waals surface area contributed by atoms with Gasteiger partial charge in [0.25, 0.3) is 0 Å². The van der Waals surface area contributed by atoms with Crippen molar-refractivity contribution >= 4 is 11.9 Å². The molecule has 14 heavy (non-hydrogen) atoms. The first-order chi connectivity index (χ1) is 6.48. The number of fused-ring (bicyclic) bond motifs is 1. The maximum absolute atomic E-state index is 4.45. The highest BCUT2D eigenvalue weighted by Crippen LogP contribution is 2.35. The van der Waals surface area contributed by atoms with Gasteiger partial charge in [-0.25, -0.2) is 0 Å². The van der Waals surface area contributed by atoms with E-state index in [2.05, 4.69) is 57.5 Å². The van der Waals surface area contributed by atoms with Gasteiger partial charge in [-0.05, 0) is 19.1 Å². The van der Waals surface area contributed by atoms with Gasteiger partial charge in [0.05, 0.1) is 33.0 Å². The van der Waals surface area contributed by atoms with Gasteiger partial charge < -0.3 is 4.48 Å². The summed E-state index contributed by atoms with van der Waals surface area (Å²) in [4.78, 5) is 4.45. The average Bonchev–Trinajstić information content (AvgIpc) is 2.45. The molecule has 2 nitrogen and oxygen atoms in total. The predicted molar refractivity (Wildman–Crippen MR) is 60.1 cm³/mol. The van der Waals surface area contributed by atoms with Crippen LogP contribution >= 0.6 is 0 Å². The number of benzene rings is 1. The Balaban J connectivity index is 2.48. The number of rotatable bonds is 1. The lowest BCUT2D eigenvalue weighted by Crippen LogP contribution is -2.38. The molecule has 0 amide bonds. The summed E-state index contributed by atoms with van der Waals surface area (Å²) in [5, 5.41) is 0. The molecule has 0 saturated carbocycles. The second kappa shape index (κ2) is 2.92. The lowest BCUT2D eigenvalue weighted by molar-refractivity contribution is -0.889. The highest BCUT2D eigenvalue weighted by Gasteiger charge is 2.29. The van der Waals surface area contributed by atoms with E-state index in [1.807, 2.05) is 0 Å². The molecule has 2 rings (SSSR count). The zero-order valence-corrected chi connectivity index (χ0v) is 9.28. The van der Waals surface area contributed by atoms with Gasteiger partial charge in [0, 0.05) is 5.56 Å². The first kappa shape index (κ1) is 9.41. The van der Waals surface area contributed by atoms with E-state index in [0.717, 1.165) is 10.2 Å². The molecule has 0 saturated heterocycles. The van der Waals surface area contributed by atoms with E-state index in [9.17, 15) is 0 Å². The maximum Gasteiger partial charge on any atom is 0.152 e. The monoisotopic (exact) mass is 189 g/mol. The molecule has 0 aromatic heterocycles. The first-order valence-electron chi connectivity index (χ1n) is 4.94. The largest absolute Gasteiger partial charge is 0.320 e. The standard InChI is InChI=1S/C12H17N2/c1-9-5-6-11-10(7-9)12(8-13-11)14(2,3)4/h5-8,12H,1-4H3/q+1. The third-order valence-electron chi connectivity index (χ3n) is 2.69. The molecule has 1 atom stereocenters. The van der Waals surface area contributed by atoms with Crippen molar-refractivity contribution in [2.24, 2.45) is 4.99 Å². The fourth-order valence-electron chi connectivity index (χ4n) is 1.88. The van der Waals surface area contributed by atoms with Crippen LogP contribution in [0.4, 0.5) is 5.69 Å². The molecule has 1 unspecified atom stereocenters. The summed E-state index contributed by atoms with van der Waals surface area (Å²) in [6, 6.07) is 6.88. The lowest BCUT2D eigenvalue weighted by atomic mass is 10.0. The molecule has 1 heterocycles. The van der Waals surface area contributed by atoms with Crippen molar-refractivity contribution in [3.05, 3.63) is 29.3 Å². The fraction of sp³-hybridized carbons (Fsp3) is 0.417. The minimum Gasteiger partial charge on any atom is -0.320 e. The molecule has 0 fully saturated rings. The molecular formula is C12H17N2+. The van der Waals surface area contributed by atoms with Gasteiger partial charge >= 0.3 is 0 Å². The predicted octanol–water partition coefficient (Wildman–Crippen LogP) is 2.46. The number of hydrogen-bond donors (Lipinski definition) is 0. The van der Waals surface area contributed by atoms with E-state index < -0.39 is 0 Å². The highest BCUT2D eigenvalue weighted by molar-refractivity contribution is 5.79. The van der Waals surface area contributed by atoms with E-state index in [1.54, 1.807) is 0 Å². The maximum atomic E-state index is 4.45. The van der Waals surface area contributed by atoms with Gasteiger partial charge in [-0.15, -0.1) is 0 Å². The van der Waals surface area contributed by atoms with E-state index in [0.29, 0.717) is 6.04 Å². The lowest BCUT2D eigenvalue weighted by Gasteiger charge is -2.30. The summed E-state index contributed by atoms with van der Waals surface area (Å²) in [6.07, 6.45) is 2.06. The highest BCUT2D eigenvalue weighted by atomic mass is 15.3. The summed E-state index contributed by atoms with van der Waals surface area (Å²) >= 11 is 0. The van der Waals surface area contributed by atoms with Crippen LogP contribution in [0.25, 0.3) is 0 Å². The smallest absolute Gasteiger partial charge is 0.152 e. The summed E-state index contributed by atoms with van der Waals surface area (Å²) < 4.78 is 0.903. The van der Waals surface area contributed by atoms with Crippen LogP contribution in [0.2, 0.25) is 0 Å². The summed E-state index contributed by atoms with van der Waals surface area (Å²) in [5.74, 6) is 0. The Morgan fingerprint density at radius 3 is 2.57 bits per heavy atom. The Morgan fingerprint density at radius 1 is 1.21 bits per heavy atom. The number of aryl methyl sites for hydroxylation is 1. The SMILES string of the molecule is Cc1ccc2c(c1)C([N+](C)(C)C)C=N2. The van der Waals surface area contributed by atoms with Crippen LogP contribution in [0.1, 0.15) is 17.2 Å². The van der Waals surface area contributed by atoms with Crippen molar-refractivity contribution < 1.29 is 4.48 Å². The van der Waals surface area contributed by atoms with Crippen molar-refractivity contribution in [1.29, 1.82) is 0 Å². The van der Waals surface area contributed by atoms with Gasteiger partial charge in [0.2, 0.25) is 0 Å². The number of aliphatic imine (C=N–C) groups is 1. The average molecular weight is 189 g/mol. The van der Waals surface area contributed by atoms with Gasteiger partial charge in [-0.1, -0.05) is 11.6 Å². The van der Waals surface area contributed by atoms with Gasteiger partial charge in [-0.2, -0.15) is 0 Å². The Morgan fingerprint density at radius 2 is 1.93 bits per heavy atom. The quantitative estimate of drug-likeness (QED) is 0.602. The third-order valence-corrected chi connectivity index (χ3v) is 2.69. The minimum atomic E-state index is 0.407. The topological polar surface area (TPSA) is 12.4 Å². The summed E-state index contributed by atoms with van der Waals surface area (Å²) in [7, 11) is 6.61. The summed E-state index contributed by atoms with van der Waals surface area (Å²) in [6.45, 7) is 2.13. The Bertz CT molecular complexity index is 386. The van der Waals surface area contributed by atoms with E-state index in [-0.39, 0.29) is 0 Å². The van der Waals surface area contributed by atoms with Crippen LogP contribution in [0.15, 0.2) is 23.2 Å². The van der Waals surface area contributed by atoms with E-state index in [1.165, 1.54) is 11.1 Å². The summed E-state index contributed by atoms with van der Waals surface area (Å²) in [5.41, 5.74) is 3.80. The molecule has 2 heteroatoms. The van der Waals surface area contributed by atoms with Crippen molar-refractivity contribution in [3.8, 4) is 0 Å². The van der Waals surface area contributed by atoms with Crippen LogP contribution in [-0.4, -0.2) is 31.8 Å². The minimum absolute atomic E-state index is 0.407. The molecule has 1 aromatic rings. The number of quaternary nitrogens is 1. The molecule has 74 valence electrons. The number of nitrogens with zero attached hydrogens (tertiary/aromatic N) is 2. The zero-order chi connectivity index (χ0) is 10.3. The van der Waals surface area contributed by atoms with Crippen LogP contribution in [0, 0.1) is 6.92 Å².